The molecular formula is C29H57NO2. The quantitative estimate of drug-likeness (QED) is 0.0833. The molecule has 190 valence electrons. The van der Waals surface area contributed by atoms with E-state index in [1.54, 1.807) is 0 Å². The maximum atomic E-state index is 11.0. The van der Waals surface area contributed by atoms with E-state index in [1.807, 2.05) is 0 Å². The van der Waals surface area contributed by atoms with E-state index in [4.69, 9.17) is 0 Å². The van der Waals surface area contributed by atoms with Crippen LogP contribution < -0.4 is 0 Å². The van der Waals surface area contributed by atoms with Crippen LogP contribution in [-0.4, -0.2) is 38.1 Å². The Bertz CT molecular complexity index is 419. The standard InChI is InChI=1S/C29H57NO2/c1-5-6-7-19-22-25-28(30(2)3)26-23-20-17-15-13-11-9-8-10-12-14-16-18-21-24-27-29(31)32-4/h8,10,28H,5-7,9,11-27H2,1-4H3/b10-8-. The van der Waals surface area contributed by atoms with Crippen molar-refractivity contribution in [2.45, 2.75) is 148 Å². The van der Waals surface area contributed by atoms with Crippen molar-refractivity contribution >= 4 is 5.97 Å². The number of rotatable bonds is 24. The number of nitrogens with zero attached hydrogens (tertiary/aromatic N) is 1. The first kappa shape index (κ1) is 31.2. The first-order chi connectivity index (χ1) is 15.6. The predicted molar refractivity (Wildman–Crippen MR) is 141 cm³/mol. The Balaban J connectivity index is 3.40. The van der Waals surface area contributed by atoms with Gasteiger partial charge in [-0.05, 0) is 59.0 Å². The maximum absolute atomic E-state index is 11.0. The Labute approximate surface area is 201 Å². The van der Waals surface area contributed by atoms with E-state index in [-0.39, 0.29) is 5.97 Å². The lowest BCUT2D eigenvalue weighted by molar-refractivity contribution is -0.140. The van der Waals surface area contributed by atoms with Gasteiger partial charge in [0.05, 0.1) is 7.11 Å². The van der Waals surface area contributed by atoms with Crippen LogP contribution in [0.3, 0.4) is 0 Å². The molecule has 1 atom stereocenters. The first-order valence-corrected chi connectivity index (χ1v) is 14.0. The topological polar surface area (TPSA) is 29.5 Å². The van der Waals surface area contributed by atoms with Gasteiger partial charge in [-0.15, -0.1) is 0 Å². The second-order valence-electron chi connectivity index (χ2n) is 9.87. The Morgan fingerprint density at radius 1 is 0.688 bits per heavy atom. The maximum Gasteiger partial charge on any atom is 0.305 e. The fraction of sp³-hybridized carbons (Fsp3) is 0.897. The number of esters is 1. The molecule has 0 aliphatic heterocycles. The Morgan fingerprint density at radius 3 is 1.59 bits per heavy atom. The molecule has 0 fully saturated rings. The average molecular weight is 452 g/mol. The van der Waals surface area contributed by atoms with Gasteiger partial charge in [-0.2, -0.15) is 0 Å². The summed E-state index contributed by atoms with van der Waals surface area (Å²) in [5, 5.41) is 0. The fourth-order valence-electron chi connectivity index (χ4n) is 4.39. The van der Waals surface area contributed by atoms with Crippen LogP contribution in [0, 0.1) is 0 Å². The molecule has 0 N–H and O–H groups in total. The summed E-state index contributed by atoms with van der Waals surface area (Å²) >= 11 is 0. The SMILES string of the molecule is CCCCCCCC(CCCCCCCC/C=C\CCCCCCCC(=O)OC)N(C)C. The van der Waals surface area contributed by atoms with Gasteiger partial charge < -0.3 is 9.64 Å². The second kappa shape index (κ2) is 24.8. The lowest BCUT2D eigenvalue weighted by atomic mass is 9.99. The van der Waals surface area contributed by atoms with Crippen molar-refractivity contribution in [1.29, 1.82) is 0 Å². The molecule has 32 heavy (non-hydrogen) atoms. The van der Waals surface area contributed by atoms with Gasteiger partial charge in [-0.25, -0.2) is 0 Å². The van der Waals surface area contributed by atoms with Crippen molar-refractivity contribution < 1.29 is 9.53 Å². The van der Waals surface area contributed by atoms with Crippen molar-refractivity contribution in [3.8, 4) is 0 Å². The molecular weight excluding hydrogens is 394 g/mol. The summed E-state index contributed by atoms with van der Waals surface area (Å²) in [6, 6.07) is 0.793. The Morgan fingerprint density at radius 2 is 1.12 bits per heavy atom. The number of unbranched alkanes of at least 4 members (excludes halogenated alkanes) is 15. The summed E-state index contributed by atoms with van der Waals surface area (Å²) in [7, 11) is 5.99. The summed E-state index contributed by atoms with van der Waals surface area (Å²) in [5.41, 5.74) is 0. The van der Waals surface area contributed by atoms with Crippen molar-refractivity contribution in [1.82, 2.24) is 4.90 Å². The van der Waals surface area contributed by atoms with Gasteiger partial charge in [0.1, 0.15) is 0 Å². The molecule has 0 aromatic rings. The highest BCUT2D eigenvalue weighted by Gasteiger charge is 2.10. The lowest BCUT2D eigenvalue weighted by Crippen LogP contribution is -2.27. The molecule has 0 heterocycles. The molecule has 0 aromatic carbocycles. The van der Waals surface area contributed by atoms with Crippen molar-refractivity contribution in [2.75, 3.05) is 21.2 Å². The number of hydrogen-bond donors (Lipinski definition) is 0. The molecule has 3 nitrogen and oxygen atoms in total. The van der Waals surface area contributed by atoms with Gasteiger partial charge in [-0.1, -0.05) is 103 Å². The van der Waals surface area contributed by atoms with Gasteiger partial charge >= 0.3 is 5.97 Å². The molecule has 0 rings (SSSR count). The van der Waals surface area contributed by atoms with E-state index in [0.717, 1.165) is 18.9 Å². The molecule has 0 aromatic heterocycles. The molecule has 0 bridgehead atoms. The summed E-state index contributed by atoms with van der Waals surface area (Å²) < 4.78 is 4.66. The van der Waals surface area contributed by atoms with Crippen LogP contribution in [0.4, 0.5) is 0 Å². The minimum Gasteiger partial charge on any atom is -0.469 e. The van der Waals surface area contributed by atoms with Crippen molar-refractivity contribution in [3.05, 3.63) is 12.2 Å². The highest BCUT2D eigenvalue weighted by Crippen LogP contribution is 2.17. The van der Waals surface area contributed by atoms with E-state index in [9.17, 15) is 4.79 Å². The van der Waals surface area contributed by atoms with Gasteiger partial charge in [0.25, 0.3) is 0 Å². The molecule has 0 aliphatic rings. The van der Waals surface area contributed by atoms with E-state index in [0.29, 0.717) is 6.42 Å². The van der Waals surface area contributed by atoms with Crippen molar-refractivity contribution in [2.24, 2.45) is 0 Å². The zero-order valence-corrected chi connectivity index (χ0v) is 22.3. The van der Waals surface area contributed by atoms with Gasteiger partial charge in [-0.3, -0.25) is 4.79 Å². The minimum absolute atomic E-state index is 0.0746. The smallest absolute Gasteiger partial charge is 0.305 e. The fourth-order valence-corrected chi connectivity index (χ4v) is 4.39. The number of ether oxygens (including phenoxy) is 1. The predicted octanol–water partition coefficient (Wildman–Crippen LogP) is 8.86. The molecule has 0 saturated heterocycles. The summed E-state index contributed by atoms with van der Waals surface area (Å²) in [4.78, 5) is 13.5. The lowest BCUT2D eigenvalue weighted by Gasteiger charge is -2.24. The van der Waals surface area contributed by atoms with Crippen LogP contribution in [0.2, 0.25) is 0 Å². The molecule has 0 aliphatic carbocycles. The molecule has 0 saturated carbocycles. The number of methoxy groups -OCH3 is 1. The van der Waals surface area contributed by atoms with Crippen LogP contribution in [0.5, 0.6) is 0 Å². The highest BCUT2D eigenvalue weighted by molar-refractivity contribution is 5.68. The van der Waals surface area contributed by atoms with E-state index in [1.165, 1.54) is 123 Å². The summed E-state index contributed by atoms with van der Waals surface area (Å²) in [6.45, 7) is 2.29. The Hall–Kier alpha value is -0.830. The van der Waals surface area contributed by atoms with Crippen LogP contribution >= 0.6 is 0 Å². The van der Waals surface area contributed by atoms with Crippen LogP contribution in [0.15, 0.2) is 12.2 Å². The third kappa shape index (κ3) is 22.4. The number of carbonyl (C=O) groups is 1. The third-order valence-corrected chi connectivity index (χ3v) is 6.68. The van der Waals surface area contributed by atoms with Gasteiger partial charge in [0, 0.05) is 12.5 Å². The third-order valence-electron chi connectivity index (χ3n) is 6.68. The van der Waals surface area contributed by atoms with Crippen LogP contribution in [0.25, 0.3) is 0 Å². The van der Waals surface area contributed by atoms with E-state index < -0.39 is 0 Å². The monoisotopic (exact) mass is 451 g/mol. The molecule has 0 amide bonds. The highest BCUT2D eigenvalue weighted by atomic mass is 16.5. The largest absolute Gasteiger partial charge is 0.469 e. The summed E-state index contributed by atoms with van der Waals surface area (Å²) in [6.07, 6.45) is 31.9. The van der Waals surface area contributed by atoms with E-state index >= 15 is 0 Å². The minimum atomic E-state index is -0.0746. The number of carbonyl (C=O) groups excluding carboxylic acids is 1. The molecule has 1 unspecified atom stereocenters. The average Bonchev–Trinajstić information content (AvgIpc) is 2.79. The number of allylic oxidation sites excluding steroid dienone is 2. The first-order valence-electron chi connectivity index (χ1n) is 14.0. The molecule has 0 spiro atoms. The summed E-state index contributed by atoms with van der Waals surface area (Å²) in [5.74, 6) is -0.0746. The second-order valence-corrected chi connectivity index (χ2v) is 9.87. The zero-order valence-electron chi connectivity index (χ0n) is 22.3. The van der Waals surface area contributed by atoms with Gasteiger partial charge in [0.2, 0.25) is 0 Å². The van der Waals surface area contributed by atoms with E-state index in [2.05, 4.69) is 42.8 Å². The zero-order chi connectivity index (χ0) is 23.7. The van der Waals surface area contributed by atoms with Crippen LogP contribution in [0.1, 0.15) is 142 Å². The number of hydrogen-bond acceptors (Lipinski definition) is 3. The molecule has 0 radical (unpaired) electrons. The van der Waals surface area contributed by atoms with Gasteiger partial charge in [0.15, 0.2) is 0 Å². The van der Waals surface area contributed by atoms with Crippen LogP contribution in [-0.2, 0) is 9.53 Å². The van der Waals surface area contributed by atoms with Crippen molar-refractivity contribution in [3.63, 3.8) is 0 Å². The molecule has 3 heteroatoms. The Kier molecular flexibility index (Phi) is 24.2. The normalized spacial score (nSPS) is 12.7.